The Morgan fingerprint density at radius 1 is 1.50 bits per heavy atom. The van der Waals surface area contributed by atoms with Crippen molar-refractivity contribution in [1.82, 2.24) is 9.55 Å². The van der Waals surface area contributed by atoms with Gasteiger partial charge in [0.25, 0.3) is 0 Å². The second-order valence-corrected chi connectivity index (χ2v) is 2.70. The lowest BCUT2D eigenvalue weighted by molar-refractivity contribution is 0.465. The molecule has 0 aromatic carbocycles. The molecule has 0 unspecified atom stereocenters. The van der Waals surface area contributed by atoms with E-state index in [1.165, 1.54) is 6.20 Å². The average molecular weight is 177 g/mol. The Balaban J connectivity index is 2.49. The Labute approximate surface area is 68.5 Å². The molecule has 0 N–H and O–H groups in total. The summed E-state index contributed by atoms with van der Waals surface area (Å²) in [5.74, 6) is 0.481. The van der Waals surface area contributed by atoms with Crippen LogP contribution in [0.3, 0.4) is 0 Å². The van der Waals surface area contributed by atoms with E-state index in [1.54, 1.807) is 17.8 Å². The van der Waals surface area contributed by atoms with E-state index in [0.717, 1.165) is 0 Å². The zero-order chi connectivity index (χ0) is 9.19. The number of hydrogen-bond donors (Lipinski definition) is 0. The molecule has 0 aliphatic carbocycles. The molecule has 0 saturated carbocycles. The fourth-order valence-electron chi connectivity index (χ4n) is 0.930. The highest BCUT2D eigenvalue weighted by Gasteiger charge is 2.22. The zero-order valence-electron chi connectivity index (χ0n) is 6.67. The van der Waals surface area contributed by atoms with Crippen LogP contribution in [0.4, 0.5) is 12.9 Å². The summed E-state index contributed by atoms with van der Waals surface area (Å²) in [6.07, 6.45) is 2.37. The van der Waals surface area contributed by atoms with Crippen molar-refractivity contribution < 1.29 is 12.9 Å². The van der Waals surface area contributed by atoms with Crippen molar-refractivity contribution in [2.45, 2.75) is 12.7 Å². The molecule has 6 heteroatoms. The highest BCUT2D eigenvalue weighted by molar-refractivity contribution is 6.58. The number of aromatic nitrogens is 2. The van der Waals surface area contributed by atoms with Crippen molar-refractivity contribution in [3.8, 4) is 0 Å². The van der Waals surface area contributed by atoms with Gasteiger partial charge in [0.1, 0.15) is 5.82 Å². The van der Waals surface area contributed by atoms with Gasteiger partial charge < -0.3 is 17.5 Å². The Morgan fingerprint density at radius 3 is 2.58 bits per heavy atom. The van der Waals surface area contributed by atoms with Crippen LogP contribution in [0.15, 0.2) is 12.4 Å². The first-order valence-corrected chi connectivity index (χ1v) is 3.66. The number of hydrogen-bond acceptors (Lipinski definition) is 1. The van der Waals surface area contributed by atoms with E-state index in [4.69, 9.17) is 0 Å². The third-order valence-corrected chi connectivity index (χ3v) is 1.62. The van der Waals surface area contributed by atoms with Crippen molar-refractivity contribution in [2.24, 2.45) is 7.05 Å². The van der Waals surface area contributed by atoms with Gasteiger partial charge in [-0.15, -0.1) is 0 Å². The minimum Gasteiger partial charge on any atom is -0.449 e. The fourth-order valence-corrected chi connectivity index (χ4v) is 0.930. The first kappa shape index (κ1) is 9.16. The first-order chi connectivity index (χ1) is 5.49. The molecule has 2 nitrogen and oxygen atoms in total. The second-order valence-electron chi connectivity index (χ2n) is 2.70. The van der Waals surface area contributed by atoms with Crippen LogP contribution in [0.2, 0.25) is 6.32 Å². The van der Waals surface area contributed by atoms with Crippen molar-refractivity contribution in [3.05, 3.63) is 18.2 Å². The van der Waals surface area contributed by atoms with Gasteiger partial charge in [0, 0.05) is 19.4 Å². The largest absolute Gasteiger partial charge is 0.478 e. The van der Waals surface area contributed by atoms with Crippen LogP contribution in [0.1, 0.15) is 5.82 Å². The Morgan fingerprint density at radius 2 is 2.17 bits per heavy atom. The summed E-state index contributed by atoms with van der Waals surface area (Å²) in [5, 5.41) is 0. The molecule has 0 atom stereocenters. The van der Waals surface area contributed by atoms with E-state index >= 15 is 0 Å². The lowest BCUT2D eigenvalue weighted by Gasteiger charge is -2.12. The predicted octanol–water partition coefficient (Wildman–Crippen LogP) is 1.81. The van der Waals surface area contributed by atoms with E-state index in [0.29, 0.717) is 5.82 Å². The van der Waals surface area contributed by atoms with Crippen LogP contribution in [0.25, 0.3) is 0 Å². The number of imidazole rings is 1. The van der Waals surface area contributed by atoms with Crippen LogP contribution in [-0.4, -0.2) is 16.5 Å². The normalized spacial score (nSPS) is 12.0. The molecule has 0 amide bonds. The van der Waals surface area contributed by atoms with Crippen molar-refractivity contribution in [3.63, 3.8) is 0 Å². The van der Waals surface area contributed by atoms with Crippen molar-refractivity contribution >= 4 is 6.98 Å². The average Bonchev–Trinajstić information content (AvgIpc) is 2.29. The summed E-state index contributed by atoms with van der Waals surface area (Å²) in [4.78, 5) is 3.79. The molecule has 0 bridgehead atoms. The topological polar surface area (TPSA) is 17.8 Å². The lowest BCUT2D eigenvalue weighted by Crippen LogP contribution is -2.16. The molecule has 1 heterocycles. The van der Waals surface area contributed by atoms with Crippen LogP contribution in [0.5, 0.6) is 0 Å². The third-order valence-electron chi connectivity index (χ3n) is 1.62. The van der Waals surface area contributed by atoms with E-state index in [9.17, 15) is 12.9 Å². The first-order valence-electron chi connectivity index (χ1n) is 3.66. The van der Waals surface area contributed by atoms with E-state index in [-0.39, 0.29) is 6.42 Å². The maximum atomic E-state index is 11.8. The summed E-state index contributed by atoms with van der Waals surface area (Å²) >= 11 is 0. The predicted molar refractivity (Wildman–Crippen MR) is 40.8 cm³/mol. The highest BCUT2D eigenvalue weighted by Crippen LogP contribution is 2.16. The van der Waals surface area contributed by atoms with Crippen LogP contribution in [-0.2, 0) is 13.5 Å². The second kappa shape index (κ2) is 3.20. The molecule has 68 valence electrons. The molecule has 0 aliphatic rings. The van der Waals surface area contributed by atoms with Crippen LogP contribution in [0, 0.1) is 0 Å². The number of halogens is 3. The van der Waals surface area contributed by atoms with Gasteiger partial charge in [0.05, 0.1) is 0 Å². The molecule has 0 radical (unpaired) electrons. The highest BCUT2D eigenvalue weighted by atomic mass is 19.4. The molecule has 1 aromatic heterocycles. The van der Waals surface area contributed by atoms with Gasteiger partial charge >= 0.3 is 6.98 Å². The number of aryl methyl sites for hydroxylation is 2. The van der Waals surface area contributed by atoms with Crippen molar-refractivity contribution in [1.29, 1.82) is 0 Å². The maximum Gasteiger partial charge on any atom is 0.478 e. The van der Waals surface area contributed by atoms with Gasteiger partial charge in [-0.05, 0) is 6.42 Å². The van der Waals surface area contributed by atoms with Crippen LogP contribution < -0.4 is 0 Å². The SMILES string of the molecule is Cn1ccnc1CC[B-](F)(F)F. The fraction of sp³-hybridized carbons (Fsp3) is 0.500. The third kappa shape index (κ3) is 2.60. The summed E-state index contributed by atoms with van der Waals surface area (Å²) in [6, 6.07) is 0. The smallest absolute Gasteiger partial charge is 0.449 e. The molecule has 12 heavy (non-hydrogen) atoms. The molecular weight excluding hydrogens is 168 g/mol. The molecule has 0 saturated heterocycles. The number of nitrogens with zero attached hydrogens (tertiary/aromatic N) is 2. The molecule has 0 fully saturated rings. The van der Waals surface area contributed by atoms with Gasteiger partial charge in [-0.2, -0.15) is 0 Å². The Bertz CT molecular complexity index is 256. The van der Waals surface area contributed by atoms with Gasteiger partial charge in [0.15, 0.2) is 0 Å². The minimum absolute atomic E-state index is 0.0208. The summed E-state index contributed by atoms with van der Waals surface area (Å²) in [7, 11) is 1.69. The van der Waals surface area contributed by atoms with Gasteiger partial charge in [0.2, 0.25) is 0 Å². The molecule has 0 aliphatic heterocycles. The minimum atomic E-state index is -4.68. The summed E-state index contributed by atoms with van der Waals surface area (Å²) in [5.41, 5.74) is 0. The molecule has 0 spiro atoms. The van der Waals surface area contributed by atoms with Crippen molar-refractivity contribution in [2.75, 3.05) is 0 Å². The zero-order valence-corrected chi connectivity index (χ0v) is 6.67. The van der Waals surface area contributed by atoms with Gasteiger partial charge in [-0.1, -0.05) is 6.32 Å². The number of rotatable bonds is 3. The standard InChI is InChI=1S/C6H9BF3N2/c1-12-5-4-11-6(12)2-3-7(8,9)10/h4-5H,2-3H2,1H3/q-1. The van der Waals surface area contributed by atoms with Crippen LogP contribution >= 0.6 is 0 Å². The maximum absolute atomic E-state index is 11.8. The van der Waals surface area contributed by atoms with Gasteiger partial charge in [-0.25, -0.2) is 4.98 Å². The lowest BCUT2D eigenvalue weighted by atomic mass is 9.84. The molecule has 1 aromatic rings. The molecule has 1 rings (SSSR count). The Hall–Kier alpha value is -0.935. The quantitative estimate of drug-likeness (QED) is 0.643. The Kier molecular flexibility index (Phi) is 2.44. The van der Waals surface area contributed by atoms with Gasteiger partial charge in [-0.3, -0.25) is 0 Å². The summed E-state index contributed by atoms with van der Waals surface area (Å²) < 4.78 is 37.0. The van der Waals surface area contributed by atoms with E-state index in [1.807, 2.05) is 0 Å². The van der Waals surface area contributed by atoms with E-state index in [2.05, 4.69) is 4.98 Å². The monoisotopic (exact) mass is 177 g/mol. The van der Waals surface area contributed by atoms with E-state index < -0.39 is 13.3 Å². The summed E-state index contributed by atoms with van der Waals surface area (Å²) in [6.45, 7) is -4.68. The molecular formula is C6H9BF3N2-.